The van der Waals surface area contributed by atoms with Gasteiger partial charge in [-0.05, 0) is 41.4 Å². The first-order valence-electron chi connectivity index (χ1n) is 7.33. The molecule has 2 rings (SSSR count). The summed E-state index contributed by atoms with van der Waals surface area (Å²) in [6.45, 7) is 4.49. The molecule has 2 aromatic rings. The van der Waals surface area contributed by atoms with E-state index in [2.05, 4.69) is 74.1 Å². The fourth-order valence-corrected chi connectivity index (χ4v) is 3.28. The van der Waals surface area contributed by atoms with Crippen LogP contribution in [0, 0.1) is 5.92 Å². The van der Waals surface area contributed by atoms with Crippen LogP contribution in [0.4, 0.5) is 0 Å². The van der Waals surface area contributed by atoms with Gasteiger partial charge >= 0.3 is 0 Å². The number of nitrogens with one attached hydrogen (secondary N) is 1. The molecule has 0 saturated heterocycles. The summed E-state index contributed by atoms with van der Waals surface area (Å²) in [4.78, 5) is 1.26. The van der Waals surface area contributed by atoms with Gasteiger partial charge in [-0.2, -0.15) is 0 Å². The summed E-state index contributed by atoms with van der Waals surface area (Å²) in [5.74, 6) is 6.51. The zero-order valence-electron chi connectivity index (χ0n) is 13.0. The quantitative estimate of drug-likeness (QED) is 0.478. The van der Waals surface area contributed by atoms with Crippen LogP contribution in [0.25, 0.3) is 0 Å². The number of benzene rings is 2. The fourth-order valence-electron chi connectivity index (χ4n) is 2.64. The molecule has 112 valence electrons. The van der Waals surface area contributed by atoms with E-state index in [1.54, 1.807) is 11.8 Å². The lowest BCUT2D eigenvalue weighted by atomic mass is 9.95. The third-order valence-corrected chi connectivity index (χ3v) is 4.36. The average Bonchev–Trinajstić information content (AvgIpc) is 2.48. The highest BCUT2D eigenvalue weighted by atomic mass is 32.2. The van der Waals surface area contributed by atoms with Crippen molar-refractivity contribution in [3.63, 3.8) is 0 Å². The number of hydrazine groups is 1. The van der Waals surface area contributed by atoms with Gasteiger partial charge in [0.25, 0.3) is 0 Å². The molecule has 1 atom stereocenters. The third kappa shape index (κ3) is 4.10. The van der Waals surface area contributed by atoms with E-state index in [1.165, 1.54) is 21.6 Å². The number of nitrogens with two attached hydrogens (primary N) is 1. The Morgan fingerprint density at radius 3 is 2.52 bits per heavy atom. The first-order chi connectivity index (χ1) is 10.2. The molecule has 0 heterocycles. The molecule has 0 fully saturated rings. The summed E-state index contributed by atoms with van der Waals surface area (Å²) in [6, 6.07) is 17.2. The Balaban J connectivity index is 2.37. The second kappa shape index (κ2) is 7.64. The van der Waals surface area contributed by atoms with Gasteiger partial charge in [0, 0.05) is 4.90 Å². The average molecular weight is 300 g/mol. The maximum atomic E-state index is 5.85. The molecular formula is C18H24N2S. The standard InChI is InChI=1S/C18H24N2S/c1-13(2)11-14-7-6-8-15(12-14)18(20-19)16-9-4-5-10-17(16)21-3/h4-10,12-13,18,20H,11,19H2,1-3H3. The van der Waals surface area contributed by atoms with E-state index in [-0.39, 0.29) is 6.04 Å². The normalized spacial score (nSPS) is 12.6. The minimum absolute atomic E-state index is 0.0285. The molecule has 0 radical (unpaired) electrons. The molecule has 0 aliphatic heterocycles. The van der Waals surface area contributed by atoms with Crippen molar-refractivity contribution in [2.24, 2.45) is 11.8 Å². The van der Waals surface area contributed by atoms with Crippen molar-refractivity contribution in [1.82, 2.24) is 5.43 Å². The molecule has 0 bridgehead atoms. The van der Waals surface area contributed by atoms with Crippen LogP contribution in [0.1, 0.15) is 36.6 Å². The lowest BCUT2D eigenvalue weighted by Gasteiger charge is -2.20. The highest BCUT2D eigenvalue weighted by molar-refractivity contribution is 7.98. The zero-order valence-corrected chi connectivity index (χ0v) is 13.8. The third-order valence-electron chi connectivity index (χ3n) is 3.54. The Bertz CT molecular complexity index is 581. The van der Waals surface area contributed by atoms with E-state index >= 15 is 0 Å². The van der Waals surface area contributed by atoms with Crippen LogP contribution in [0.5, 0.6) is 0 Å². The van der Waals surface area contributed by atoms with E-state index in [1.807, 2.05) is 0 Å². The summed E-state index contributed by atoms with van der Waals surface area (Å²) in [6.07, 6.45) is 3.19. The Kier molecular flexibility index (Phi) is 5.85. The van der Waals surface area contributed by atoms with Crippen molar-refractivity contribution >= 4 is 11.8 Å². The maximum Gasteiger partial charge on any atom is 0.0721 e. The minimum Gasteiger partial charge on any atom is -0.271 e. The van der Waals surface area contributed by atoms with Crippen molar-refractivity contribution in [3.05, 3.63) is 65.2 Å². The van der Waals surface area contributed by atoms with E-state index in [9.17, 15) is 0 Å². The Morgan fingerprint density at radius 2 is 1.86 bits per heavy atom. The second-order valence-electron chi connectivity index (χ2n) is 5.68. The number of rotatable bonds is 6. The number of hydrogen-bond acceptors (Lipinski definition) is 3. The van der Waals surface area contributed by atoms with Gasteiger partial charge in [0.05, 0.1) is 6.04 Å². The molecular weight excluding hydrogens is 276 g/mol. The molecule has 21 heavy (non-hydrogen) atoms. The zero-order chi connectivity index (χ0) is 15.2. The summed E-state index contributed by atoms with van der Waals surface area (Å²) in [5.41, 5.74) is 6.79. The second-order valence-corrected chi connectivity index (χ2v) is 6.53. The molecule has 1 unspecified atom stereocenters. The Hall–Kier alpha value is -1.29. The van der Waals surface area contributed by atoms with Gasteiger partial charge in [-0.3, -0.25) is 5.84 Å². The van der Waals surface area contributed by atoms with Crippen LogP contribution in [-0.2, 0) is 6.42 Å². The van der Waals surface area contributed by atoms with E-state index in [0.717, 1.165) is 6.42 Å². The fraction of sp³-hybridized carbons (Fsp3) is 0.333. The molecule has 2 nitrogen and oxygen atoms in total. The topological polar surface area (TPSA) is 38.0 Å². The van der Waals surface area contributed by atoms with E-state index < -0.39 is 0 Å². The molecule has 0 amide bonds. The van der Waals surface area contributed by atoms with Gasteiger partial charge in [0.2, 0.25) is 0 Å². The van der Waals surface area contributed by atoms with Crippen LogP contribution in [0.15, 0.2) is 53.4 Å². The predicted octanol–water partition coefficient (Wildman–Crippen LogP) is 4.16. The van der Waals surface area contributed by atoms with Crippen molar-refractivity contribution in [2.45, 2.75) is 31.2 Å². The monoisotopic (exact) mass is 300 g/mol. The van der Waals surface area contributed by atoms with Gasteiger partial charge in [-0.15, -0.1) is 11.8 Å². The molecule has 0 aliphatic rings. The van der Waals surface area contributed by atoms with Gasteiger partial charge in [0.1, 0.15) is 0 Å². The molecule has 3 heteroatoms. The van der Waals surface area contributed by atoms with Gasteiger partial charge in [0.15, 0.2) is 0 Å². The summed E-state index contributed by atoms with van der Waals surface area (Å²) in [5, 5.41) is 0. The molecule has 2 aromatic carbocycles. The highest BCUT2D eigenvalue weighted by Gasteiger charge is 2.16. The Morgan fingerprint density at radius 1 is 1.10 bits per heavy atom. The van der Waals surface area contributed by atoms with Crippen LogP contribution < -0.4 is 11.3 Å². The minimum atomic E-state index is 0.0285. The van der Waals surface area contributed by atoms with Crippen molar-refractivity contribution in [3.8, 4) is 0 Å². The largest absolute Gasteiger partial charge is 0.271 e. The summed E-state index contributed by atoms with van der Waals surface area (Å²) >= 11 is 1.75. The Labute approximate surface area is 132 Å². The molecule has 3 N–H and O–H groups in total. The first-order valence-corrected chi connectivity index (χ1v) is 8.56. The molecule has 0 aromatic heterocycles. The van der Waals surface area contributed by atoms with Crippen molar-refractivity contribution in [1.29, 1.82) is 0 Å². The van der Waals surface area contributed by atoms with Crippen LogP contribution in [0.3, 0.4) is 0 Å². The smallest absolute Gasteiger partial charge is 0.0721 e. The molecule has 0 spiro atoms. The van der Waals surface area contributed by atoms with Gasteiger partial charge < -0.3 is 0 Å². The van der Waals surface area contributed by atoms with Gasteiger partial charge in [-0.1, -0.05) is 56.3 Å². The van der Waals surface area contributed by atoms with Crippen LogP contribution in [-0.4, -0.2) is 6.26 Å². The number of thioether (sulfide) groups is 1. The van der Waals surface area contributed by atoms with E-state index in [4.69, 9.17) is 5.84 Å². The van der Waals surface area contributed by atoms with E-state index in [0.29, 0.717) is 5.92 Å². The van der Waals surface area contributed by atoms with Crippen LogP contribution >= 0.6 is 11.8 Å². The first kappa shape index (κ1) is 16.1. The van der Waals surface area contributed by atoms with Crippen LogP contribution in [0.2, 0.25) is 0 Å². The van der Waals surface area contributed by atoms with Gasteiger partial charge in [-0.25, -0.2) is 5.43 Å². The summed E-state index contributed by atoms with van der Waals surface area (Å²) < 4.78 is 0. The SMILES string of the molecule is CSc1ccccc1C(NN)c1cccc(CC(C)C)c1. The molecule has 0 saturated carbocycles. The lowest BCUT2D eigenvalue weighted by Crippen LogP contribution is -2.29. The highest BCUT2D eigenvalue weighted by Crippen LogP contribution is 2.30. The molecule has 0 aliphatic carbocycles. The van der Waals surface area contributed by atoms with Crippen molar-refractivity contribution < 1.29 is 0 Å². The van der Waals surface area contributed by atoms with Crippen molar-refractivity contribution in [2.75, 3.05) is 6.26 Å². The number of hydrogen-bond donors (Lipinski definition) is 2. The summed E-state index contributed by atoms with van der Waals surface area (Å²) in [7, 11) is 0. The maximum absolute atomic E-state index is 5.85. The predicted molar refractivity (Wildman–Crippen MR) is 92.4 cm³/mol. The lowest BCUT2D eigenvalue weighted by molar-refractivity contribution is 0.621.